The zero-order valence-electron chi connectivity index (χ0n) is 18.0. The molecule has 0 atom stereocenters. The molecule has 0 radical (unpaired) electrons. The molecule has 4 aromatic rings. The van der Waals surface area contributed by atoms with Gasteiger partial charge < -0.3 is 0 Å². The van der Waals surface area contributed by atoms with Crippen LogP contribution in [0.5, 0.6) is 0 Å². The fourth-order valence-electron chi connectivity index (χ4n) is 4.46. The van der Waals surface area contributed by atoms with E-state index in [1.54, 1.807) is 12.1 Å². The summed E-state index contributed by atoms with van der Waals surface area (Å²) in [6, 6.07) is 11.0. The van der Waals surface area contributed by atoms with Crippen molar-refractivity contribution in [2.24, 2.45) is 0 Å². The summed E-state index contributed by atoms with van der Waals surface area (Å²) in [5, 5.41) is 28.3. The second kappa shape index (κ2) is 6.11. The molecule has 0 spiro atoms. The van der Waals surface area contributed by atoms with Crippen LogP contribution in [-0.2, 0) is 10.8 Å². The number of hydrogen-bond donors (Lipinski definition) is 0. The van der Waals surface area contributed by atoms with Crippen LogP contribution in [0.2, 0.25) is 0 Å². The maximum atomic E-state index is 12.1. The molecule has 154 valence electrons. The number of hydrogen-bond acceptors (Lipinski definition) is 4. The van der Waals surface area contributed by atoms with Crippen LogP contribution < -0.4 is 0 Å². The van der Waals surface area contributed by atoms with Crippen LogP contribution in [0.3, 0.4) is 0 Å². The van der Waals surface area contributed by atoms with Crippen LogP contribution in [-0.4, -0.2) is 9.85 Å². The maximum Gasteiger partial charge on any atom is 0.280 e. The fourth-order valence-corrected chi connectivity index (χ4v) is 4.46. The lowest BCUT2D eigenvalue weighted by Gasteiger charge is -2.23. The first-order valence-electron chi connectivity index (χ1n) is 9.90. The summed E-state index contributed by atoms with van der Waals surface area (Å²) in [5.41, 5.74) is 0.627. The summed E-state index contributed by atoms with van der Waals surface area (Å²) < 4.78 is 0. The Hall–Kier alpha value is -3.28. The second-order valence-corrected chi connectivity index (χ2v) is 9.98. The van der Waals surface area contributed by atoms with Gasteiger partial charge in [0, 0.05) is 21.9 Å². The van der Waals surface area contributed by atoms with Gasteiger partial charge in [0.15, 0.2) is 0 Å². The van der Waals surface area contributed by atoms with Gasteiger partial charge in [0.1, 0.15) is 0 Å². The van der Waals surface area contributed by atoms with Gasteiger partial charge in [-0.3, -0.25) is 20.2 Å². The highest BCUT2D eigenvalue weighted by atomic mass is 16.6. The van der Waals surface area contributed by atoms with Crippen molar-refractivity contribution in [3.05, 3.63) is 67.8 Å². The third kappa shape index (κ3) is 2.78. The Morgan fingerprint density at radius 3 is 1.23 bits per heavy atom. The summed E-state index contributed by atoms with van der Waals surface area (Å²) >= 11 is 0. The van der Waals surface area contributed by atoms with Crippen molar-refractivity contribution in [3.63, 3.8) is 0 Å². The predicted octanol–water partition coefficient (Wildman–Crippen LogP) is 7.00. The third-order valence-electron chi connectivity index (χ3n) is 5.83. The summed E-state index contributed by atoms with van der Waals surface area (Å²) in [6.07, 6.45) is 0. The lowest BCUT2D eigenvalue weighted by atomic mass is 9.79. The van der Waals surface area contributed by atoms with Gasteiger partial charge in [-0.05, 0) is 45.9 Å². The van der Waals surface area contributed by atoms with Crippen molar-refractivity contribution in [2.45, 2.75) is 52.4 Å². The van der Waals surface area contributed by atoms with Gasteiger partial charge >= 0.3 is 0 Å². The minimum absolute atomic E-state index is 0.0759. The van der Waals surface area contributed by atoms with Gasteiger partial charge in [0.2, 0.25) is 0 Å². The summed E-state index contributed by atoms with van der Waals surface area (Å²) in [5.74, 6) is 0. The highest BCUT2D eigenvalue weighted by Crippen LogP contribution is 2.47. The predicted molar refractivity (Wildman–Crippen MR) is 121 cm³/mol. The Morgan fingerprint density at radius 2 is 0.967 bits per heavy atom. The minimum atomic E-state index is -0.418. The molecule has 0 amide bonds. The fraction of sp³-hybridized carbons (Fsp3) is 0.333. The largest absolute Gasteiger partial charge is 0.280 e. The molecule has 0 heterocycles. The van der Waals surface area contributed by atoms with Gasteiger partial charge in [-0.15, -0.1) is 0 Å². The van der Waals surface area contributed by atoms with Crippen LogP contribution in [0.15, 0.2) is 36.4 Å². The van der Waals surface area contributed by atoms with Gasteiger partial charge in [-0.25, -0.2) is 0 Å². The van der Waals surface area contributed by atoms with E-state index in [0.717, 1.165) is 10.8 Å². The molecule has 0 fully saturated rings. The smallest absolute Gasteiger partial charge is 0.258 e. The molecule has 0 aliphatic carbocycles. The second-order valence-electron chi connectivity index (χ2n) is 9.98. The Bertz CT molecular complexity index is 1250. The highest BCUT2D eigenvalue weighted by molar-refractivity contribution is 6.27. The Kier molecular flexibility index (Phi) is 4.08. The molecule has 0 unspecified atom stereocenters. The van der Waals surface area contributed by atoms with Crippen LogP contribution in [0, 0.1) is 20.2 Å². The zero-order valence-corrected chi connectivity index (χ0v) is 18.0. The van der Waals surface area contributed by atoms with E-state index in [9.17, 15) is 20.2 Å². The molecule has 6 heteroatoms. The summed E-state index contributed by atoms with van der Waals surface area (Å²) in [4.78, 5) is 23.5. The first kappa shape index (κ1) is 20.0. The quantitative estimate of drug-likeness (QED) is 0.204. The van der Waals surface area contributed by atoms with Crippen molar-refractivity contribution < 1.29 is 9.85 Å². The highest BCUT2D eigenvalue weighted by Gasteiger charge is 2.32. The van der Waals surface area contributed by atoms with E-state index >= 15 is 0 Å². The van der Waals surface area contributed by atoms with E-state index in [0.29, 0.717) is 32.7 Å². The molecule has 0 saturated carbocycles. The molecule has 4 rings (SSSR count). The molecule has 0 bridgehead atoms. The molecule has 0 N–H and O–H groups in total. The van der Waals surface area contributed by atoms with E-state index in [2.05, 4.69) is 0 Å². The molecular weight excluding hydrogens is 380 g/mol. The first-order valence-corrected chi connectivity index (χ1v) is 9.90. The number of nitrogens with zero attached hydrogens (tertiary/aromatic N) is 2. The Balaban J connectivity index is 2.31. The third-order valence-corrected chi connectivity index (χ3v) is 5.83. The van der Waals surface area contributed by atoms with Gasteiger partial charge in [0.05, 0.1) is 20.6 Å². The van der Waals surface area contributed by atoms with E-state index in [1.165, 1.54) is 0 Å². The van der Waals surface area contributed by atoms with E-state index in [1.807, 2.05) is 65.8 Å². The Labute approximate surface area is 174 Å². The SMILES string of the molecule is CC(C)(C)c1cc2ccc3c([N+](=O)[O-])c(C(C)(C)C)cc4ccc(c1[N+](=O)[O-])c2c43. The lowest BCUT2D eigenvalue weighted by molar-refractivity contribution is -0.384. The van der Waals surface area contributed by atoms with E-state index in [4.69, 9.17) is 0 Å². The van der Waals surface area contributed by atoms with Crippen molar-refractivity contribution in [3.8, 4) is 0 Å². The van der Waals surface area contributed by atoms with Gasteiger partial charge in [-0.1, -0.05) is 53.7 Å². The van der Waals surface area contributed by atoms with E-state index in [-0.39, 0.29) is 21.2 Å². The molecule has 0 aliphatic rings. The molecule has 30 heavy (non-hydrogen) atoms. The topological polar surface area (TPSA) is 86.3 Å². The van der Waals surface area contributed by atoms with E-state index < -0.39 is 10.8 Å². The monoisotopic (exact) mass is 404 g/mol. The normalized spacial score (nSPS) is 12.9. The molecule has 0 aromatic heterocycles. The molecule has 6 nitrogen and oxygen atoms in total. The van der Waals surface area contributed by atoms with Crippen LogP contribution >= 0.6 is 0 Å². The number of benzene rings is 4. The molecule has 0 aliphatic heterocycles. The van der Waals surface area contributed by atoms with Crippen molar-refractivity contribution >= 4 is 43.7 Å². The molecule has 4 aromatic carbocycles. The standard InChI is InChI=1S/C24H24N2O4/c1-23(2,3)17-11-13-7-10-16-20-14(8-9-15(19(13)20)21(17)25(27)28)12-18(24(4,5)6)22(16)26(29)30/h7-12H,1-6H3. The summed E-state index contributed by atoms with van der Waals surface area (Å²) in [6.45, 7) is 11.7. The maximum absolute atomic E-state index is 12.1. The zero-order chi connectivity index (χ0) is 22.2. The number of nitro groups is 2. The van der Waals surface area contributed by atoms with Crippen LogP contribution in [0.4, 0.5) is 11.4 Å². The molecule has 0 saturated heterocycles. The van der Waals surface area contributed by atoms with Crippen LogP contribution in [0.25, 0.3) is 32.3 Å². The lowest BCUT2D eigenvalue weighted by Crippen LogP contribution is -2.15. The number of rotatable bonds is 2. The van der Waals surface area contributed by atoms with Crippen molar-refractivity contribution in [1.82, 2.24) is 0 Å². The molecular formula is C24H24N2O4. The van der Waals surface area contributed by atoms with Crippen molar-refractivity contribution in [1.29, 1.82) is 0 Å². The summed E-state index contributed by atoms with van der Waals surface area (Å²) in [7, 11) is 0. The van der Waals surface area contributed by atoms with Crippen LogP contribution in [0.1, 0.15) is 52.7 Å². The number of nitro benzene ring substituents is 2. The Morgan fingerprint density at radius 1 is 0.633 bits per heavy atom. The van der Waals surface area contributed by atoms with Gasteiger partial charge in [0.25, 0.3) is 11.4 Å². The average molecular weight is 404 g/mol. The first-order chi connectivity index (χ1) is 13.8. The van der Waals surface area contributed by atoms with Gasteiger partial charge in [-0.2, -0.15) is 0 Å². The average Bonchev–Trinajstić information content (AvgIpc) is 2.62. The van der Waals surface area contributed by atoms with Crippen molar-refractivity contribution in [2.75, 3.05) is 0 Å². The minimum Gasteiger partial charge on any atom is -0.258 e.